The summed E-state index contributed by atoms with van der Waals surface area (Å²) in [6.07, 6.45) is -0.695. The molecule has 9 heteroatoms. The highest BCUT2D eigenvalue weighted by molar-refractivity contribution is 7.80. The number of nitrogens with zero attached hydrogens (tertiary/aromatic N) is 1. The van der Waals surface area contributed by atoms with Crippen LogP contribution in [0.25, 0.3) is 0 Å². The number of phenols is 1. The van der Waals surface area contributed by atoms with Gasteiger partial charge in [-0.1, -0.05) is 12.2 Å². The number of thiocarbonyl (C=S) groups is 1. The molecule has 0 radical (unpaired) electrons. The summed E-state index contributed by atoms with van der Waals surface area (Å²) < 4.78 is 45.1. The molecule has 0 spiro atoms. The van der Waals surface area contributed by atoms with E-state index in [1.807, 2.05) is 0 Å². The minimum atomic E-state index is -1.74. The minimum absolute atomic E-state index is 0.0288. The lowest BCUT2D eigenvalue weighted by atomic mass is 10.1. The summed E-state index contributed by atoms with van der Waals surface area (Å²) in [5, 5.41) is 9.13. The van der Waals surface area contributed by atoms with Crippen molar-refractivity contribution in [2.24, 2.45) is 5.73 Å². The van der Waals surface area contributed by atoms with E-state index in [0.717, 1.165) is 4.90 Å². The van der Waals surface area contributed by atoms with Gasteiger partial charge in [0.2, 0.25) is 5.82 Å². The van der Waals surface area contributed by atoms with Crippen LogP contribution < -0.4 is 5.73 Å². The third kappa shape index (κ3) is 2.93. The third-order valence-corrected chi connectivity index (χ3v) is 3.30. The van der Waals surface area contributed by atoms with E-state index in [4.69, 9.17) is 27.8 Å². The number of hydrogen-bond acceptors (Lipinski definition) is 4. The van der Waals surface area contributed by atoms with E-state index in [9.17, 15) is 18.0 Å². The fourth-order valence-corrected chi connectivity index (χ4v) is 2.06. The van der Waals surface area contributed by atoms with E-state index in [-0.39, 0.29) is 24.7 Å². The first-order valence-corrected chi connectivity index (χ1v) is 6.30. The molecule has 0 saturated carbocycles. The maximum Gasteiger partial charge on any atom is 0.257 e. The van der Waals surface area contributed by atoms with Crippen LogP contribution in [0.4, 0.5) is 13.2 Å². The number of halogens is 3. The van der Waals surface area contributed by atoms with Gasteiger partial charge < -0.3 is 20.5 Å². The molecule has 1 aliphatic heterocycles. The smallest absolute Gasteiger partial charge is 0.257 e. The standard InChI is InChI=1S/C12H11F3N2O3S/c13-6-3-5(8(14)10(18)9(6)15)12(19)17-1-2-20-7(4-17)11(16)21/h3,7,18H,1-2,4H2,(H2,16,21). The van der Waals surface area contributed by atoms with Crippen molar-refractivity contribution in [1.82, 2.24) is 4.90 Å². The van der Waals surface area contributed by atoms with E-state index in [0.29, 0.717) is 6.07 Å². The predicted molar refractivity (Wildman–Crippen MR) is 70.4 cm³/mol. The third-order valence-electron chi connectivity index (χ3n) is 3.03. The minimum Gasteiger partial charge on any atom is -0.503 e. The number of carbonyl (C=O) groups is 1. The zero-order chi connectivity index (χ0) is 15.7. The summed E-state index contributed by atoms with van der Waals surface area (Å²) in [5.41, 5.74) is 4.64. The SMILES string of the molecule is NC(=S)C1CN(C(=O)c2cc(F)c(F)c(O)c2F)CCO1. The monoisotopic (exact) mass is 320 g/mol. The van der Waals surface area contributed by atoms with E-state index >= 15 is 0 Å². The first-order valence-electron chi connectivity index (χ1n) is 5.89. The molecule has 1 saturated heterocycles. The lowest BCUT2D eigenvalue weighted by Crippen LogP contribution is -2.50. The van der Waals surface area contributed by atoms with Gasteiger partial charge in [0.1, 0.15) is 11.1 Å². The van der Waals surface area contributed by atoms with Crippen molar-refractivity contribution >= 4 is 23.1 Å². The Morgan fingerprint density at radius 1 is 1.43 bits per heavy atom. The Balaban J connectivity index is 2.30. The number of benzene rings is 1. The number of amides is 1. The summed E-state index contributed by atoms with van der Waals surface area (Å²) in [4.78, 5) is 13.3. The fourth-order valence-electron chi connectivity index (χ4n) is 1.92. The Kier molecular flexibility index (Phi) is 4.33. The zero-order valence-corrected chi connectivity index (χ0v) is 11.4. The quantitative estimate of drug-likeness (QED) is 0.626. The van der Waals surface area contributed by atoms with Crippen molar-refractivity contribution < 1.29 is 27.8 Å². The van der Waals surface area contributed by atoms with Crippen LogP contribution in [0, 0.1) is 17.5 Å². The largest absolute Gasteiger partial charge is 0.503 e. The van der Waals surface area contributed by atoms with Crippen molar-refractivity contribution in [3.8, 4) is 5.75 Å². The molecule has 1 heterocycles. The van der Waals surface area contributed by atoms with Crippen molar-refractivity contribution in [2.45, 2.75) is 6.10 Å². The first kappa shape index (κ1) is 15.5. The van der Waals surface area contributed by atoms with Gasteiger partial charge in [0.05, 0.1) is 18.7 Å². The number of ether oxygens (including phenoxy) is 1. The molecule has 0 aliphatic carbocycles. The molecule has 2 rings (SSSR count). The van der Waals surface area contributed by atoms with Crippen molar-refractivity contribution in [1.29, 1.82) is 0 Å². The number of rotatable bonds is 2. The molecule has 1 unspecified atom stereocenters. The van der Waals surface area contributed by atoms with Gasteiger partial charge in [0, 0.05) is 6.54 Å². The second-order valence-corrected chi connectivity index (χ2v) is 4.87. The summed E-state index contributed by atoms with van der Waals surface area (Å²) in [5.74, 6) is -7.22. The predicted octanol–water partition coefficient (Wildman–Crippen LogP) is 0.937. The Labute approximate surface area is 123 Å². The van der Waals surface area contributed by atoms with E-state index < -0.39 is 40.8 Å². The second-order valence-electron chi connectivity index (χ2n) is 4.40. The Hall–Kier alpha value is -1.87. The van der Waals surface area contributed by atoms with E-state index in [2.05, 4.69) is 0 Å². The summed E-state index contributed by atoms with van der Waals surface area (Å²) >= 11 is 4.75. The molecular formula is C12H11F3N2O3S. The highest BCUT2D eigenvalue weighted by atomic mass is 32.1. The van der Waals surface area contributed by atoms with Gasteiger partial charge in [-0.25, -0.2) is 8.78 Å². The number of hydrogen-bond donors (Lipinski definition) is 2. The fraction of sp³-hybridized carbons (Fsp3) is 0.333. The number of carbonyl (C=O) groups excluding carboxylic acids is 1. The van der Waals surface area contributed by atoms with Crippen molar-refractivity contribution in [3.05, 3.63) is 29.1 Å². The number of phenolic OH excluding ortho intramolecular Hbond substituents is 1. The molecule has 1 aromatic carbocycles. The topological polar surface area (TPSA) is 75.8 Å². The summed E-state index contributed by atoms with van der Waals surface area (Å²) in [6.45, 7) is 0.190. The molecule has 1 aliphatic rings. The molecule has 21 heavy (non-hydrogen) atoms. The molecule has 1 fully saturated rings. The molecule has 1 aromatic rings. The van der Waals surface area contributed by atoms with Gasteiger partial charge in [-0.05, 0) is 6.07 Å². The van der Waals surface area contributed by atoms with Crippen LogP contribution in [0.5, 0.6) is 5.75 Å². The molecule has 1 atom stereocenters. The van der Waals surface area contributed by atoms with Gasteiger partial charge in [-0.3, -0.25) is 4.79 Å². The Morgan fingerprint density at radius 3 is 2.71 bits per heavy atom. The zero-order valence-electron chi connectivity index (χ0n) is 10.6. The Morgan fingerprint density at radius 2 is 2.10 bits per heavy atom. The first-order chi connectivity index (χ1) is 9.82. The number of morpholine rings is 1. The van der Waals surface area contributed by atoms with Crippen LogP contribution in [0.1, 0.15) is 10.4 Å². The molecule has 3 N–H and O–H groups in total. The number of nitrogens with two attached hydrogens (primary N) is 1. The molecule has 0 bridgehead atoms. The molecule has 0 aromatic heterocycles. The van der Waals surface area contributed by atoms with Crippen LogP contribution in [-0.2, 0) is 4.74 Å². The van der Waals surface area contributed by atoms with Crippen LogP contribution in [0.3, 0.4) is 0 Å². The second kappa shape index (κ2) is 5.86. The van der Waals surface area contributed by atoms with Crippen LogP contribution >= 0.6 is 12.2 Å². The highest BCUT2D eigenvalue weighted by Crippen LogP contribution is 2.27. The van der Waals surface area contributed by atoms with Crippen LogP contribution in [-0.4, -0.2) is 46.7 Å². The molecule has 1 amide bonds. The van der Waals surface area contributed by atoms with Gasteiger partial charge >= 0.3 is 0 Å². The average molecular weight is 320 g/mol. The van der Waals surface area contributed by atoms with Crippen LogP contribution in [0.2, 0.25) is 0 Å². The van der Waals surface area contributed by atoms with Crippen molar-refractivity contribution in [2.75, 3.05) is 19.7 Å². The van der Waals surface area contributed by atoms with E-state index in [1.165, 1.54) is 0 Å². The maximum atomic E-state index is 13.7. The lowest BCUT2D eigenvalue weighted by molar-refractivity contribution is 0.00850. The van der Waals surface area contributed by atoms with Gasteiger partial charge in [0.15, 0.2) is 17.4 Å². The molecule has 114 valence electrons. The van der Waals surface area contributed by atoms with Crippen molar-refractivity contribution in [3.63, 3.8) is 0 Å². The molecular weight excluding hydrogens is 309 g/mol. The number of aromatic hydroxyl groups is 1. The van der Waals surface area contributed by atoms with Gasteiger partial charge in [-0.15, -0.1) is 0 Å². The van der Waals surface area contributed by atoms with E-state index in [1.54, 1.807) is 0 Å². The van der Waals surface area contributed by atoms with Gasteiger partial charge in [-0.2, -0.15) is 4.39 Å². The normalized spacial score (nSPS) is 18.6. The summed E-state index contributed by atoms with van der Waals surface area (Å²) in [7, 11) is 0. The summed E-state index contributed by atoms with van der Waals surface area (Å²) in [6, 6.07) is 0.401. The average Bonchev–Trinajstić information content (AvgIpc) is 2.48. The molecule has 5 nitrogen and oxygen atoms in total. The van der Waals surface area contributed by atoms with Gasteiger partial charge in [0.25, 0.3) is 5.91 Å². The lowest BCUT2D eigenvalue weighted by Gasteiger charge is -2.32. The van der Waals surface area contributed by atoms with Crippen LogP contribution in [0.15, 0.2) is 6.07 Å². The maximum absolute atomic E-state index is 13.7. The Bertz CT molecular complexity index is 612. The highest BCUT2D eigenvalue weighted by Gasteiger charge is 2.30.